The maximum absolute atomic E-state index is 12.6. The number of rotatable bonds is 3. The molecule has 130 valence electrons. The van der Waals surface area contributed by atoms with Crippen LogP contribution in [0.1, 0.15) is 23.7 Å². The van der Waals surface area contributed by atoms with Crippen LogP contribution in [0.5, 0.6) is 0 Å². The topological polar surface area (TPSA) is 59.5 Å². The number of benzene rings is 1. The van der Waals surface area contributed by atoms with Gasteiger partial charge in [0.2, 0.25) is 0 Å². The minimum absolute atomic E-state index is 0.238. The first-order valence-electron chi connectivity index (χ1n) is 7.89. The summed E-state index contributed by atoms with van der Waals surface area (Å²) in [6.45, 7) is 2.43. The maximum atomic E-state index is 12.6. The van der Waals surface area contributed by atoms with Gasteiger partial charge in [-0.25, -0.2) is 9.78 Å². The SMILES string of the molecule is C[C@@H]1CCN(C(=O)COC(=O)c2ccc(Cl)nc2)c2ccccc2S1. The van der Waals surface area contributed by atoms with Crippen molar-refractivity contribution in [1.29, 1.82) is 0 Å². The largest absolute Gasteiger partial charge is 0.452 e. The minimum atomic E-state index is -0.594. The van der Waals surface area contributed by atoms with Crippen molar-refractivity contribution in [2.45, 2.75) is 23.5 Å². The Kier molecular flexibility index (Phi) is 5.60. The highest BCUT2D eigenvalue weighted by Crippen LogP contribution is 2.37. The molecule has 1 amide bonds. The number of fused-ring (bicyclic) bond motifs is 1. The van der Waals surface area contributed by atoms with E-state index in [-0.39, 0.29) is 18.1 Å². The number of thioether (sulfide) groups is 1. The Balaban J connectivity index is 1.68. The molecule has 1 aliphatic rings. The zero-order valence-electron chi connectivity index (χ0n) is 13.6. The number of esters is 1. The van der Waals surface area contributed by atoms with Gasteiger partial charge in [0.15, 0.2) is 6.61 Å². The molecule has 1 atom stereocenters. The van der Waals surface area contributed by atoms with E-state index in [1.807, 2.05) is 24.3 Å². The second kappa shape index (κ2) is 7.89. The molecule has 1 aromatic heterocycles. The maximum Gasteiger partial charge on any atom is 0.340 e. The molecule has 0 saturated heterocycles. The van der Waals surface area contributed by atoms with Gasteiger partial charge in [0.1, 0.15) is 5.15 Å². The Morgan fingerprint density at radius 1 is 1.32 bits per heavy atom. The summed E-state index contributed by atoms with van der Waals surface area (Å²) >= 11 is 7.45. The summed E-state index contributed by atoms with van der Waals surface area (Å²) in [5.74, 6) is -0.833. The predicted molar refractivity (Wildman–Crippen MR) is 98.3 cm³/mol. The van der Waals surface area contributed by atoms with Crippen LogP contribution in [-0.4, -0.2) is 35.3 Å². The highest BCUT2D eigenvalue weighted by Gasteiger charge is 2.25. The van der Waals surface area contributed by atoms with E-state index in [1.54, 1.807) is 16.7 Å². The van der Waals surface area contributed by atoms with Gasteiger partial charge in [0.05, 0.1) is 11.3 Å². The third kappa shape index (κ3) is 4.32. The van der Waals surface area contributed by atoms with Crippen LogP contribution in [0.3, 0.4) is 0 Å². The molecule has 1 aliphatic heterocycles. The van der Waals surface area contributed by atoms with Crippen LogP contribution in [0.4, 0.5) is 5.69 Å². The van der Waals surface area contributed by atoms with Crippen LogP contribution in [0.25, 0.3) is 0 Å². The summed E-state index contributed by atoms with van der Waals surface area (Å²) < 4.78 is 5.15. The zero-order valence-corrected chi connectivity index (χ0v) is 15.2. The number of amides is 1. The van der Waals surface area contributed by atoms with Gasteiger partial charge in [0, 0.05) is 22.9 Å². The molecule has 0 spiro atoms. The molecule has 5 nitrogen and oxygen atoms in total. The normalized spacial score (nSPS) is 16.7. The number of ether oxygens (including phenoxy) is 1. The van der Waals surface area contributed by atoms with E-state index in [1.165, 1.54) is 18.3 Å². The van der Waals surface area contributed by atoms with Crippen molar-refractivity contribution in [3.05, 3.63) is 53.3 Å². The fourth-order valence-corrected chi connectivity index (χ4v) is 3.76. The van der Waals surface area contributed by atoms with Crippen LogP contribution in [-0.2, 0) is 9.53 Å². The van der Waals surface area contributed by atoms with Crippen molar-refractivity contribution in [3.63, 3.8) is 0 Å². The summed E-state index contributed by atoms with van der Waals surface area (Å²) in [5.41, 5.74) is 1.13. The number of hydrogen-bond acceptors (Lipinski definition) is 5. The highest BCUT2D eigenvalue weighted by molar-refractivity contribution is 8.00. The van der Waals surface area contributed by atoms with Crippen LogP contribution in [0.15, 0.2) is 47.5 Å². The third-order valence-corrected chi connectivity index (χ3v) is 5.30. The molecule has 0 saturated carbocycles. The lowest BCUT2D eigenvalue weighted by molar-refractivity contribution is -0.121. The molecule has 1 aromatic carbocycles. The standard InChI is InChI=1S/C18H17ClN2O3S/c1-12-8-9-21(14-4-2-3-5-15(14)25-12)17(22)11-24-18(23)13-6-7-16(19)20-10-13/h2-7,10,12H,8-9,11H2,1H3/t12-/m1/s1. The summed E-state index contributed by atoms with van der Waals surface area (Å²) in [5, 5.41) is 0.710. The van der Waals surface area contributed by atoms with E-state index in [9.17, 15) is 9.59 Å². The number of pyridine rings is 1. The Morgan fingerprint density at radius 2 is 2.12 bits per heavy atom. The van der Waals surface area contributed by atoms with E-state index in [0.717, 1.165) is 17.0 Å². The van der Waals surface area contributed by atoms with Crippen molar-refractivity contribution < 1.29 is 14.3 Å². The molecule has 2 heterocycles. The Bertz CT molecular complexity index is 782. The van der Waals surface area contributed by atoms with Crippen molar-refractivity contribution in [2.24, 2.45) is 0 Å². The molecule has 0 bridgehead atoms. The van der Waals surface area contributed by atoms with Gasteiger partial charge >= 0.3 is 5.97 Å². The molecule has 0 N–H and O–H groups in total. The van der Waals surface area contributed by atoms with Gasteiger partial charge in [0.25, 0.3) is 5.91 Å². The molecule has 0 unspecified atom stereocenters. The molecule has 3 rings (SSSR count). The molecule has 25 heavy (non-hydrogen) atoms. The van der Waals surface area contributed by atoms with Crippen molar-refractivity contribution in [3.8, 4) is 0 Å². The molecule has 0 radical (unpaired) electrons. The lowest BCUT2D eigenvalue weighted by Gasteiger charge is -2.22. The van der Waals surface area contributed by atoms with Gasteiger partial charge in [-0.05, 0) is 30.7 Å². The first-order chi connectivity index (χ1) is 12.0. The van der Waals surface area contributed by atoms with Gasteiger partial charge in [-0.2, -0.15) is 0 Å². The Labute approximate surface area is 155 Å². The molecular weight excluding hydrogens is 360 g/mol. The van der Waals surface area contributed by atoms with Crippen molar-refractivity contribution in [1.82, 2.24) is 4.98 Å². The van der Waals surface area contributed by atoms with Gasteiger partial charge < -0.3 is 9.64 Å². The third-order valence-electron chi connectivity index (χ3n) is 3.83. The molecule has 0 aliphatic carbocycles. The number of halogens is 1. The van der Waals surface area contributed by atoms with E-state index in [2.05, 4.69) is 11.9 Å². The summed E-state index contributed by atoms with van der Waals surface area (Å²) in [6, 6.07) is 10.8. The van der Waals surface area contributed by atoms with Crippen LogP contribution in [0, 0.1) is 0 Å². The van der Waals surface area contributed by atoms with E-state index >= 15 is 0 Å². The average Bonchev–Trinajstić information content (AvgIpc) is 2.78. The molecule has 7 heteroatoms. The molecule has 0 fully saturated rings. The number of anilines is 1. The first kappa shape index (κ1) is 17.8. The Hall–Kier alpha value is -2.05. The predicted octanol–water partition coefficient (Wildman–Crippen LogP) is 3.81. The van der Waals surface area contributed by atoms with Gasteiger partial charge in [-0.1, -0.05) is 30.7 Å². The molecular formula is C18H17ClN2O3S. The van der Waals surface area contributed by atoms with E-state index in [0.29, 0.717) is 16.9 Å². The van der Waals surface area contributed by atoms with Crippen LogP contribution < -0.4 is 4.90 Å². The average molecular weight is 377 g/mol. The van der Waals surface area contributed by atoms with Crippen molar-refractivity contribution >= 4 is 40.9 Å². The lowest BCUT2D eigenvalue weighted by Crippen LogP contribution is -2.35. The number of carbonyl (C=O) groups excluding carboxylic acids is 2. The number of aromatic nitrogens is 1. The van der Waals surface area contributed by atoms with Gasteiger partial charge in [-0.15, -0.1) is 11.8 Å². The second-order valence-electron chi connectivity index (χ2n) is 5.68. The summed E-state index contributed by atoms with van der Waals surface area (Å²) in [7, 11) is 0. The number of carbonyl (C=O) groups is 2. The monoisotopic (exact) mass is 376 g/mol. The number of para-hydroxylation sites is 1. The van der Waals surface area contributed by atoms with Crippen LogP contribution >= 0.6 is 23.4 Å². The Morgan fingerprint density at radius 3 is 2.88 bits per heavy atom. The lowest BCUT2D eigenvalue weighted by atomic mass is 10.2. The molecule has 2 aromatic rings. The summed E-state index contributed by atoms with van der Waals surface area (Å²) in [6.07, 6.45) is 2.20. The van der Waals surface area contributed by atoms with Crippen molar-refractivity contribution in [2.75, 3.05) is 18.1 Å². The highest BCUT2D eigenvalue weighted by atomic mass is 35.5. The van der Waals surface area contributed by atoms with E-state index in [4.69, 9.17) is 16.3 Å². The summed E-state index contributed by atoms with van der Waals surface area (Å²) in [4.78, 5) is 31.2. The number of hydrogen-bond donors (Lipinski definition) is 0. The first-order valence-corrected chi connectivity index (χ1v) is 9.15. The smallest absolute Gasteiger partial charge is 0.340 e. The second-order valence-corrected chi connectivity index (χ2v) is 7.54. The quantitative estimate of drug-likeness (QED) is 0.602. The van der Waals surface area contributed by atoms with E-state index < -0.39 is 5.97 Å². The fraction of sp³-hybridized carbons (Fsp3) is 0.278. The van der Waals surface area contributed by atoms with Gasteiger partial charge in [-0.3, -0.25) is 4.79 Å². The van der Waals surface area contributed by atoms with Crippen LogP contribution in [0.2, 0.25) is 5.15 Å². The number of nitrogens with zero attached hydrogens (tertiary/aromatic N) is 2. The fourth-order valence-electron chi connectivity index (χ4n) is 2.53. The minimum Gasteiger partial charge on any atom is -0.452 e. The zero-order chi connectivity index (χ0) is 17.8.